The third-order valence-electron chi connectivity index (χ3n) is 4.26. The molecule has 10 heteroatoms. The lowest BCUT2D eigenvalue weighted by Crippen LogP contribution is -2.12. The largest absolute Gasteiger partial charge is 0.355 e. The van der Waals surface area contributed by atoms with E-state index < -0.39 is 11.6 Å². The molecule has 4 aromatic rings. The molecule has 3 heterocycles. The molecule has 0 unspecified atom stereocenters. The van der Waals surface area contributed by atoms with Crippen LogP contribution in [0, 0.1) is 24.6 Å². The van der Waals surface area contributed by atoms with Crippen molar-refractivity contribution in [3.63, 3.8) is 0 Å². The van der Waals surface area contributed by atoms with E-state index in [9.17, 15) is 8.78 Å². The van der Waals surface area contributed by atoms with Crippen LogP contribution >= 0.6 is 0 Å². The van der Waals surface area contributed by atoms with Crippen LogP contribution in [0.25, 0.3) is 11.1 Å². The summed E-state index contributed by atoms with van der Waals surface area (Å²) >= 11 is 0. The Kier molecular flexibility index (Phi) is 5.13. The van der Waals surface area contributed by atoms with Crippen molar-refractivity contribution < 1.29 is 8.78 Å². The van der Waals surface area contributed by atoms with Gasteiger partial charge in [0.15, 0.2) is 11.6 Å². The Morgan fingerprint density at radius 2 is 1.73 bits per heavy atom. The topological polar surface area (TPSA) is 85.5 Å². The summed E-state index contributed by atoms with van der Waals surface area (Å²) < 4.78 is 31.7. The highest BCUT2D eigenvalue weighted by Crippen LogP contribution is 2.26. The molecule has 0 bridgehead atoms. The number of aromatic nitrogens is 6. The molecule has 3 aromatic heterocycles. The van der Waals surface area contributed by atoms with E-state index >= 15 is 0 Å². The van der Waals surface area contributed by atoms with Gasteiger partial charge in [0.2, 0.25) is 5.95 Å². The summed E-state index contributed by atoms with van der Waals surface area (Å²) in [5.41, 5.74) is 2.49. The highest BCUT2D eigenvalue weighted by atomic mass is 19.1. The fraction of sp³-hybridized carbons (Fsp3) is 0.100. The van der Waals surface area contributed by atoms with Crippen molar-refractivity contribution in [2.75, 3.05) is 10.6 Å². The zero-order valence-corrected chi connectivity index (χ0v) is 16.3. The van der Waals surface area contributed by atoms with E-state index in [1.165, 1.54) is 12.1 Å². The molecule has 0 aliphatic carbocycles. The maximum Gasteiger partial charge on any atom is 0.229 e. The van der Waals surface area contributed by atoms with E-state index in [1.54, 1.807) is 54.3 Å². The normalized spacial score (nSPS) is 11.1. The molecule has 2 N–H and O–H groups in total. The number of hydrogen-bond donors (Lipinski definition) is 2. The average molecular weight is 408 g/mol. The maximum absolute atomic E-state index is 14.3. The van der Waals surface area contributed by atoms with Gasteiger partial charge >= 0.3 is 0 Å². The van der Waals surface area contributed by atoms with E-state index in [-0.39, 0.29) is 17.8 Å². The monoisotopic (exact) mass is 408 g/mol. The van der Waals surface area contributed by atoms with Gasteiger partial charge in [-0.2, -0.15) is 15.2 Å². The fourth-order valence-corrected chi connectivity index (χ4v) is 2.85. The van der Waals surface area contributed by atoms with Gasteiger partial charge in [-0.05, 0) is 36.2 Å². The predicted molar refractivity (Wildman–Crippen MR) is 108 cm³/mol. The molecule has 0 aliphatic rings. The molecule has 4 rings (SSSR count). The average Bonchev–Trinajstić information content (AvgIpc) is 3.32. The van der Waals surface area contributed by atoms with Crippen LogP contribution in [-0.2, 0) is 14.1 Å². The molecular weight excluding hydrogens is 390 g/mol. The smallest absolute Gasteiger partial charge is 0.229 e. The predicted octanol–water partition coefficient (Wildman–Crippen LogP) is 3.46. The van der Waals surface area contributed by atoms with Gasteiger partial charge in [-0.3, -0.25) is 9.36 Å². The molecule has 0 spiro atoms. The molecule has 8 nitrogen and oxygen atoms in total. The Hall–Kier alpha value is -3.82. The molecule has 1 aromatic carbocycles. The molecule has 2 radical (unpaired) electrons. The van der Waals surface area contributed by atoms with Gasteiger partial charge in [0.25, 0.3) is 0 Å². The zero-order valence-electron chi connectivity index (χ0n) is 16.3. The second-order valence-electron chi connectivity index (χ2n) is 6.65. The SMILES string of the molecule is [CH2][C](Nc1nc(Nc2cnn(C)c2)ncc1F)c1cc(F)cc(-c2cnn(C)c2)c1. The number of rotatable bonds is 6. The number of hydrogen-bond acceptors (Lipinski definition) is 6. The Morgan fingerprint density at radius 3 is 2.43 bits per heavy atom. The van der Waals surface area contributed by atoms with E-state index in [0.717, 1.165) is 11.8 Å². The first kappa shape index (κ1) is 19.5. The van der Waals surface area contributed by atoms with Gasteiger partial charge in [0.05, 0.1) is 30.3 Å². The minimum Gasteiger partial charge on any atom is -0.355 e. The van der Waals surface area contributed by atoms with Crippen LogP contribution in [-0.4, -0.2) is 29.5 Å². The number of nitrogens with one attached hydrogen (secondary N) is 2. The van der Waals surface area contributed by atoms with Crippen LogP contribution in [0.5, 0.6) is 0 Å². The molecule has 0 aliphatic heterocycles. The lowest BCUT2D eigenvalue weighted by molar-refractivity contribution is 0.618. The molecule has 0 amide bonds. The molecule has 0 fully saturated rings. The summed E-state index contributed by atoms with van der Waals surface area (Å²) in [6, 6.07) is 4.73. The van der Waals surface area contributed by atoms with Gasteiger partial charge in [0, 0.05) is 32.1 Å². The number of aryl methyl sites for hydroxylation is 2. The van der Waals surface area contributed by atoms with Gasteiger partial charge in [0.1, 0.15) is 5.82 Å². The van der Waals surface area contributed by atoms with Gasteiger partial charge < -0.3 is 10.6 Å². The maximum atomic E-state index is 14.3. The third kappa shape index (κ3) is 4.27. The fourth-order valence-electron chi connectivity index (χ4n) is 2.85. The molecule has 0 atom stereocenters. The second kappa shape index (κ2) is 7.90. The van der Waals surface area contributed by atoms with Crippen molar-refractivity contribution in [2.45, 2.75) is 0 Å². The van der Waals surface area contributed by atoms with Crippen molar-refractivity contribution in [3.8, 4) is 11.1 Å². The van der Waals surface area contributed by atoms with Gasteiger partial charge in [-0.15, -0.1) is 0 Å². The quantitative estimate of drug-likeness (QED) is 0.508. The van der Waals surface area contributed by atoms with Crippen molar-refractivity contribution in [3.05, 3.63) is 79.3 Å². The summed E-state index contributed by atoms with van der Waals surface area (Å²) in [4.78, 5) is 8.06. The minimum absolute atomic E-state index is 0.0893. The first-order valence-electron chi connectivity index (χ1n) is 8.91. The van der Waals surface area contributed by atoms with Gasteiger partial charge in [-0.1, -0.05) is 0 Å². The summed E-state index contributed by atoms with van der Waals surface area (Å²) in [5, 5.41) is 13.9. The summed E-state index contributed by atoms with van der Waals surface area (Å²) in [6.07, 6.45) is 7.76. The summed E-state index contributed by atoms with van der Waals surface area (Å²) in [7, 11) is 3.55. The standard InChI is InChI=1S/C20H18F2N8/c1-12(13-4-14(6-16(21)5-13)15-7-24-29(2)10-15)26-19-18(22)9-23-20(28-19)27-17-8-25-30(3)11-17/h4-11H,1H2,2-3H3,(H2,23,26,27,28). The highest BCUT2D eigenvalue weighted by Gasteiger charge is 2.15. The first-order chi connectivity index (χ1) is 14.4. The zero-order chi connectivity index (χ0) is 21.3. The van der Waals surface area contributed by atoms with E-state index in [4.69, 9.17) is 0 Å². The van der Waals surface area contributed by atoms with Crippen molar-refractivity contribution in [1.29, 1.82) is 0 Å². The van der Waals surface area contributed by atoms with Crippen LogP contribution < -0.4 is 10.6 Å². The number of halogens is 2. The van der Waals surface area contributed by atoms with Crippen LogP contribution in [0.3, 0.4) is 0 Å². The Morgan fingerprint density at radius 1 is 0.967 bits per heavy atom. The van der Waals surface area contributed by atoms with E-state index in [1.807, 2.05) is 0 Å². The second-order valence-corrected chi connectivity index (χ2v) is 6.65. The molecule has 30 heavy (non-hydrogen) atoms. The molecule has 0 saturated carbocycles. The number of benzene rings is 1. The Balaban J connectivity index is 1.57. The van der Waals surface area contributed by atoms with E-state index in [0.29, 0.717) is 16.8 Å². The Bertz CT molecular complexity index is 1180. The van der Waals surface area contributed by atoms with Crippen LogP contribution in [0.1, 0.15) is 5.56 Å². The van der Waals surface area contributed by atoms with E-state index in [2.05, 4.69) is 37.7 Å². The lowest BCUT2D eigenvalue weighted by atomic mass is 10.0. The number of anilines is 3. The summed E-state index contributed by atoms with van der Waals surface area (Å²) in [5.74, 6) is -1.03. The van der Waals surface area contributed by atoms with Crippen molar-refractivity contribution in [1.82, 2.24) is 29.5 Å². The molecule has 152 valence electrons. The van der Waals surface area contributed by atoms with Crippen molar-refractivity contribution >= 4 is 17.5 Å². The molecular formula is C20H18F2N8. The highest BCUT2D eigenvalue weighted by molar-refractivity contribution is 5.65. The lowest BCUT2D eigenvalue weighted by Gasteiger charge is -2.16. The van der Waals surface area contributed by atoms with Crippen LogP contribution in [0.2, 0.25) is 0 Å². The minimum atomic E-state index is -0.670. The Labute approximate surface area is 171 Å². The van der Waals surface area contributed by atoms with Gasteiger partial charge in [-0.25, -0.2) is 13.8 Å². The number of nitrogens with zero attached hydrogens (tertiary/aromatic N) is 6. The molecule has 0 saturated heterocycles. The van der Waals surface area contributed by atoms with Crippen LogP contribution in [0.15, 0.2) is 49.2 Å². The van der Waals surface area contributed by atoms with Crippen molar-refractivity contribution in [2.24, 2.45) is 14.1 Å². The first-order valence-corrected chi connectivity index (χ1v) is 8.91. The third-order valence-corrected chi connectivity index (χ3v) is 4.26. The van der Waals surface area contributed by atoms with Crippen LogP contribution in [0.4, 0.5) is 26.2 Å². The summed E-state index contributed by atoms with van der Waals surface area (Å²) in [6.45, 7) is 3.90.